The summed E-state index contributed by atoms with van der Waals surface area (Å²) in [5.74, 6) is 0.0135. The van der Waals surface area contributed by atoms with Crippen LogP contribution in [-0.4, -0.2) is 22.4 Å². The van der Waals surface area contributed by atoms with E-state index in [0.29, 0.717) is 6.54 Å². The zero-order chi connectivity index (χ0) is 11.8. The molecular formula is C13H13N3O. The highest BCUT2D eigenvalue weighted by Gasteiger charge is 2.19. The molecule has 17 heavy (non-hydrogen) atoms. The monoisotopic (exact) mass is 227 g/mol. The quantitative estimate of drug-likeness (QED) is 0.778. The second-order valence-electron chi connectivity index (χ2n) is 4.27. The zero-order valence-electron chi connectivity index (χ0n) is 9.58. The number of hydrogen-bond donors (Lipinski definition) is 2. The third kappa shape index (κ3) is 1.71. The highest BCUT2D eigenvalue weighted by molar-refractivity contribution is 5.97. The number of rotatable bonds is 1. The average Bonchev–Trinajstić information content (AvgIpc) is 2.74. The van der Waals surface area contributed by atoms with Gasteiger partial charge in [0.2, 0.25) is 0 Å². The number of fused-ring (bicyclic) bond motifs is 1. The Balaban J connectivity index is 2.08. The number of aromatic amines is 1. The lowest BCUT2D eigenvalue weighted by Crippen LogP contribution is -2.31. The van der Waals surface area contributed by atoms with Crippen molar-refractivity contribution in [2.75, 3.05) is 6.54 Å². The summed E-state index contributed by atoms with van der Waals surface area (Å²) < 4.78 is 0. The molecule has 0 unspecified atom stereocenters. The molecule has 0 aromatic carbocycles. The molecule has 86 valence electrons. The van der Waals surface area contributed by atoms with Crippen molar-refractivity contribution in [1.82, 2.24) is 15.3 Å². The molecule has 0 fully saturated rings. The number of aryl methyl sites for hydroxylation is 1. The first-order valence-corrected chi connectivity index (χ1v) is 5.67. The SMILES string of the molecule is Cc1cc(-c2cc3c([nH]2)CCNC3=O)ccn1. The highest BCUT2D eigenvalue weighted by atomic mass is 16.1. The van der Waals surface area contributed by atoms with Crippen LogP contribution in [0, 0.1) is 6.92 Å². The second kappa shape index (κ2) is 3.73. The number of hydrogen-bond acceptors (Lipinski definition) is 2. The van der Waals surface area contributed by atoms with Crippen LogP contribution in [-0.2, 0) is 6.42 Å². The van der Waals surface area contributed by atoms with Gasteiger partial charge in [0.1, 0.15) is 0 Å². The predicted octanol–water partition coefficient (Wildman–Crippen LogP) is 1.67. The third-order valence-corrected chi connectivity index (χ3v) is 3.01. The largest absolute Gasteiger partial charge is 0.358 e. The summed E-state index contributed by atoms with van der Waals surface area (Å²) in [6.07, 6.45) is 2.65. The van der Waals surface area contributed by atoms with E-state index in [9.17, 15) is 4.79 Å². The standard InChI is InChI=1S/C13H13N3O/c1-8-6-9(2-4-14-8)12-7-10-11(16-12)3-5-15-13(10)17/h2,4,6-7,16H,3,5H2,1H3,(H,15,17). The molecular weight excluding hydrogens is 214 g/mol. The van der Waals surface area contributed by atoms with Gasteiger partial charge in [-0.05, 0) is 25.1 Å². The van der Waals surface area contributed by atoms with Crippen molar-refractivity contribution in [1.29, 1.82) is 0 Å². The topological polar surface area (TPSA) is 57.8 Å². The van der Waals surface area contributed by atoms with Crippen LogP contribution in [0.25, 0.3) is 11.3 Å². The molecule has 2 aromatic heterocycles. The van der Waals surface area contributed by atoms with Crippen LogP contribution in [0.15, 0.2) is 24.4 Å². The van der Waals surface area contributed by atoms with Crippen molar-refractivity contribution in [3.05, 3.63) is 41.3 Å². The fraction of sp³-hybridized carbons (Fsp3) is 0.231. The lowest BCUT2D eigenvalue weighted by molar-refractivity contribution is 0.0946. The Morgan fingerprint density at radius 2 is 2.24 bits per heavy atom. The number of amides is 1. The normalized spacial score (nSPS) is 14.3. The number of carbonyl (C=O) groups is 1. The molecule has 0 aliphatic carbocycles. The van der Waals surface area contributed by atoms with Crippen LogP contribution in [0.1, 0.15) is 21.7 Å². The summed E-state index contributed by atoms with van der Waals surface area (Å²) in [5.41, 5.74) is 4.82. The van der Waals surface area contributed by atoms with Crippen molar-refractivity contribution < 1.29 is 4.79 Å². The Hall–Kier alpha value is -2.10. The Kier molecular flexibility index (Phi) is 2.21. The molecule has 1 amide bonds. The molecule has 0 saturated carbocycles. The van der Waals surface area contributed by atoms with E-state index >= 15 is 0 Å². The molecule has 2 aromatic rings. The van der Waals surface area contributed by atoms with Crippen molar-refractivity contribution in [2.45, 2.75) is 13.3 Å². The van der Waals surface area contributed by atoms with Crippen molar-refractivity contribution in [3.8, 4) is 11.3 Å². The van der Waals surface area contributed by atoms with Crippen LogP contribution in [0.5, 0.6) is 0 Å². The van der Waals surface area contributed by atoms with Gasteiger partial charge in [0.15, 0.2) is 0 Å². The van der Waals surface area contributed by atoms with Gasteiger partial charge in [-0.15, -0.1) is 0 Å². The minimum absolute atomic E-state index is 0.0135. The minimum Gasteiger partial charge on any atom is -0.358 e. The lowest BCUT2D eigenvalue weighted by atomic mass is 10.1. The van der Waals surface area contributed by atoms with E-state index in [2.05, 4.69) is 15.3 Å². The maximum Gasteiger partial charge on any atom is 0.253 e. The first kappa shape index (κ1) is 10.1. The second-order valence-corrected chi connectivity index (χ2v) is 4.27. The van der Waals surface area contributed by atoms with E-state index in [1.54, 1.807) is 6.20 Å². The average molecular weight is 227 g/mol. The van der Waals surface area contributed by atoms with Gasteiger partial charge in [0.05, 0.1) is 5.56 Å². The van der Waals surface area contributed by atoms with Crippen LogP contribution in [0.2, 0.25) is 0 Å². The molecule has 0 atom stereocenters. The Labute approximate surface area is 99.1 Å². The first-order valence-electron chi connectivity index (χ1n) is 5.67. The highest BCUT2D eigenvalue weighted by Crippen LogP contribution is 2.23. The molecule has 0 spiro atoms. The van der Waals surface area contributed by atoms with Gasteiger partial charge in [-0.25, -0.2) is 0 Å². The molecule has 0 bridgehead atoms. The number of aromatic nitrogens is 2. The summed E-state index contributed by atoms with van der Waals surface area (Å²) >= 11 is 0. The Bertz CT molecular complexity index is 586. The Morgan fingerprint density at radius 3 is 3.00 bits per heavy atom. The van der Waals surface area contributed by atoms with Gasteiger partial charge in [-0.2, -0.15) is 0 Å². The van der Waals surface area contributed by atoms with Gasteiger partial charge in [-0.3, -0.25) is 9.78 Å². The van der Waals surface area contributed by atoms with Gasteiger partial charge in [0, 0.05) is 41.8 Å². The van der Waals surface area contributed by atoms with Crippen molar-refractivity contribution >= 4 is 5.91 Å². The molecule has 2 N–H and O–H groups in total. The van der Waals surface area contributed by atoms with E-state index in [1.807, 2.05) is 25.1 Å². The summed E-state index contributed by atoms with van der Waals surface area (Å²) in [5, 5.41) is 2.84. The summed E-state index contributed by atoms with van der Waals surface area (Å²) in [4.78, 5) is 19.1. The van der Waals surface area contributed by atoms with Gasteiger partial charge < -0.3 is 10.3 Å². The minimum atomic E-state index is 0.0135. The number of nitrogens with zero attached hydrogens (tertiary/aromatic N) is 1. The number of H-pyrrole nitrogens is 1. The Morgan fingerprint density at radius 1 is 1.35 bits per heavy atom. The van der Waals surface area contributed by atoms with E-state index in [0.717, 1.165) is 34.6 Å². The summed E-state index contributed by atoms with van der Waals surface area (Å²) in [6, 6.07) is 5.87. The van der Waals surface area contributed by atoms with E-state index in [4.69, 9.17) is 0 Å². The predicted molar refractivity (Wildman–Crippen MR) is 64.8 cm³/mol. The van der Waals surface area contributed by atoms with Crippen LogP contribution >= 0.6 is 0 Å². The molecule has 4 nitrogen and oxygen atoms in total. The van der Waals surface area contributed by atoms with Crippen molar-refractivity contribution in [3.63, 3.8) is 0 Å². The molecule has 4 heteroatoms. The van der Waals surface area contributed by atoms with Gasteiger partial charge in [-0.1, -0.05) is 0 Å². The maximum absolute atomic E-state index is 11.7. The number of nitrogens with one attached hydrogen (secondary N) is 2. The number of carbonyl (C=O) groups excluding carboxylic acids is 1. The van der Waals surface area contributed by atoms with Crippen LogP contribution in [0.4, 0.5) is 0 Å². The van der Waals surface area contributed by atoms with E-state index in [-0.39, 0.29) is 5.91 Å². The molecule has 0 radical (unpaired) electrons. The summed E-state index contributed by atoms with van der Waals surface area (Å²) in [7, 11) is 0. The van der Waals surface area contributed by atoms with Gasteiger partial charge in [0.25, 0.3) is 5.91 Å². The zero-order valence-corrected chi connectivity index (χ0v) is 9.58. The van der Waals surface area contributed by atoms with Crippen LogP contribution in [0.3, 0.4) is 0 Å². The fourth-order valence-electron chi connectivity index (χ4n) is 2.16. The first-order chi connectivity index (χ1) is 8.24. The lowest BCUT2D eigenvalue weighted by Gasteiger charge is -2.10. The molecule has 0 saturated heterocycles. The van der Waals surface area contributed by atoms with E-state index in [1.165, 1.54) is 0 Å². The smallest absolute Gasteiger partial charge is 0.253 e. The van der Waals surface area contributed by atoms with Crippen molar-refractivity contribution in [2.24, 2.45) is 0 Å². The summed E-state index contributed by atoms with van der Waals surface area (Å²) in [6.45, 7) is 2.67. The number of pyridine rings is 1. The van der Waals surface area contributed by atoms with Crippen LogP contribution < -0.4 is 5.32 Å². The van der Waals surface area contributed by atoms with Gasteiger partial charge >= 0.3 is 0 Å². The fourth-order valence-corrected chi connectivity index (χ4v) is 2.16. The maximum atomic E-state index is 11.7. The third-order valence-electron chi connectivity index (χ3n) is 3.01. The molecule has 3 rings (SSSR count). The molecule has 1 aliphatic rings. The molecule has 3 heterocycles. The molecule has 1 aliphatic heterocycles. The van der Waals surface area contributed by atoms with E-state index < -0.39 is 0 Å².